The minimum Gasteiger partial charge on any atom is -0.381 e. The van der Waals surface area contributed by atoms with Crippen LogP contribution in [0.25, 0.3) is 0 Å². The summed E-state index contributed by atoms with van der Waals surface area (Å²) in [6.45, 7) is 0.829. The van der Waals surface area contributed by atoms with Crippen LogP contribution in [0.15, 0.2) is 84.9 Å². The number of nitrogens with one attached hydrogen (secondary N) is 1. The molecule has 0 saturated heterocycles. The molecule has 0 bridgehead atoms. The molecule has 1 radical (unpaired) electrons. The van der Waals surface area contributed by atoms with Crippen LogP contribution in [0.2, 0.25) is 0 Å². The Hall–Kier alpha value is -2.74. The van der Waals surface area contributed by atoms with Gasteiger partial charge in [0.25, 0.3) is 0 Å². The van der Waals surface area contributed by atoms with Crippen molar-refractivity contribution < 1.29 is 0 Å². The van der Waals surface area contributed by atoms with Crippen molar-refractivity contribution >= 4 is 17.1 Å². The molecule has 0 amide bonds. The summed E-state index contributed by atoms with van der Waals surface area (Å²) in [5.41, 5.74) is 4.32. The SMILES string of the molecule is c1ccc(CNc2ccc([N]c3ccccc3)cc2)cc1. The van der Waals surface area contributed by atoms with Crippen molar-refractivity contribution in [3.8, 4) is 0 Å². The van der Waals surface area contributed by atoms with E-state index < -0.39 is 0 Å². The second kappa shape index (κ2) is 6.62. The zero-order valence-electron chi connectivity index (χ0n) is 11.7. The van der Waals surface area contributed by atoms with Gasteiger partial charge in [-0.05, 0) is 42.0 Å². The summed E-state index contributed by atoms with van der Waals surface area (Å²) >= 11 is 0. The van der Waals surface area contributed by atoms with Gasteiger partial charge in [0.15, 0.2) is 0 Å². The topological polar surface area (TPSA) is 26.1 Å². The van der Waals surface area contributed by atoms with E-state index in [1.165, 1.54) is 5.56 Å². The second-order valence-electron chi connectivity index (χ2n) is 4.83. The number of para-hydroxylation sites is 1. The van der Waals surface area contributed by atoms with Crippen molar-refractivity contribution in [3.05, 3.63) is 90.5 Å². The number of hydrogen-bond donors (Lipinski definition) is 1. The lowest BCUT2D eigenvalue weighted by atomic mass is 10.2. The van der Waals surface area contributed by atoms with Gasteiger partial charge >= 0.3 is 0 Å². The molecule has 0 saturated carbocycles. The predicted molar refractivity (Wildman–Crippen MR) is 88.1 cm³/mol. The van der Waals surface area contributed by atoms with Crippen molar-refractivity contribution in [1.29, 1.82) is 0 Å². The number of anilines is 1. The lowest BCUT2D eigenvalue weighted by Gasteiger charge is -2.08. The van der Waals surface area contributed by atoms with Crippen LogP contribution >= 0.6 is 0 Å². The first-order valence-electron chi connectivity index (χ1n) is 7.05. The normalized spacial score (nSPS) is 10.1. The molecule has 21 heavy (non-hydrogen) atoms. The largest absolute Gasteiger partial charge is 0.381 e. The van der Waals surface area contributed by atoms with Gasteiger partial charge in [-0.15, -0.1) is 0 Å². The van der Waals surface area contributed by atoms with Gasteiger partial charge in [-0.3, -0.25) is 0 Å². The van der Waals surface area contributed by atoms with Crippen molar-refractivity contribution in [2.24, 2.45) is 0 Å². The molecule has 103 valence electrons. The van der Waals surface area contributed by atoms with Gasteiger partial charge in [0, 0.05) is 12.2 Å². The van der Waals surface area contributed by atoms with Crippen LogP contribution in [-0.4, -0.2) is 0 Å². The van der Waals surface area contributed by atoms with Gasteiger partial charge in [-0.1, -0.05) is 48.5 Å². The van der Waals surface area contributed by atoms with Crippen LogP contribution < -0.4 is 10.6 Å². The maximum atomic E-state index is 4.57. The Morgan fingerprint density at radius 1 is 0.619 bits per heavy atom. The lowest BCUT2D eigenvalue weighted by Crippen LogP contribution is -1.99. The summed E-state index contributed by atoms with van der Waals surface area (Å²) < 4.78 is 0. The van der Waals surface area contributed by atoms with E-state index in [4.69, 9.17) is 0 Å². The molecular formula is C19H17N2. The Balaban J connectivity index is 1.59. The van der Waals surface area contributed by atoms with Crippen molar-refractivity contribution in [3.63, 3.8) is 0 Å². The second-order valence-corrected chi connectivity index (χ2v) is 4.83. The van der Waals surface area contributed by atoms with Crippen LogP contribution in [0.3, 0.4) is 0 Å². The fraction of sp³-hybridized carbons (Fsp3) is 0.0526. The van der Waals surface area contributed by atoms with Crippen molar-refractivity contribution in [1.82, 2.24) is 5.32 Å². The van der Waals surface area contributed by atoms with E-state index in [9.17, 15) is 0 Å². The lowest BCUT2D eigenvalue weighted by molar-refractivity contribution is 1.14. The number of nitrogens with zero attached hydrogens (tertiary/aromatic N) is 1. The average molecular weight is 273 g/mol. The Morgan fingerprint density at radius 2 is 1.19 bits per heavy atom. The molecule has 0 aliphatic heterocycles. The quantitative estimate of drug-likeness (QED) is 0.705. The molecule has 0 aromatic heterocycles. The zero-order chi connectivity index (χ0) is 14.3. The van der Waals surface area contributed by atoms with Crippen LogP contribution in [-0.2, 0) is 6.54 Å². The molecule has 1 N–H and O–H groups in total. The van der Waals surface area contributed by atoms with Gasteiger partial charge < -0.3 is 5.32 Å². The van der Waals surface area contributed by atoms with E-state index in [1.807, 2.05) is 48.5 Å². The van der Waals surface area contributed by atoms with Crippen molar-refractivity contribution in [2.75, 3.05) is 5.32 Å². The molecule has 2 heteroatoms. The van der Waals surface area contributed by atoms with Crippen LogP contribution in [0.5, 0.6) is 0 Å². The van der Waals surface area contributed by atoms with Crippen LogP contribution in [0.4, 0.5) is 17.1 Å². The Bertz CT molecular complexity index is 661. The molecular weight excluding hydrogens is 256 g/mol. The molecule has 2 nitrogen and oxygen atoms in total. The van der Waals surface area contributed by atoms with Gasteiger partial charge in [-0.2, -0.15) is 0 Å². The summed E-state index contributed by atoms with van der Waals surface area (Å²) in [6.07, 6.45) is 0. The monoisotopic (exact) mass is 273 g/mol. The maximum Gasteiger partial charge on any atom is 0.0638 e. The molecule has 3 aromatic carbocycles. The molecule has 3 rings (SSSR count). The molecule has 0 aliphatic carbocycles. The molecule has 3 aromatic rings. The standard InChI is InChI=1S/C19H17N2/c1-3-7-16(8-4-1)15-20-17-11-13-19(14-12-17)21-18-9-5-2-6-10-18/h1-14,20H,15H2. The maximum absolute atomic E-state index is 4.57. The third-order valence-corrected chi connectivity index (χ3v) is 3.22. The Morgan fingerprint density at radius 3 is 1.86 bits per heavy atom. The molecule has 0 unspecified atom stereocenters. The zero-order valence-corrected chi connectivity index (χ0v) is 11.7. The first kappa shape index (κ1) is 13.3. The fourth-order valence-electron chi connectivity index (χ4n) is 2.11. The first-order valence-corrected chi connectivity index (χ1v) is 7.05. The first-order chi connectivity index (χ1) is 10.4. The van der Waals surface area contributed by atoms with Gasteiger partial charge in [0.1, 0.15) is 0 Å². The highest BCUT2D eigenvalue weighted by Crippen LogP contribution is 2.19. The fourth-order valence-corrected chi connectivity index (χ4v) is 2.11. The highest BCUT2D eigenvalue weighted by Gasteiger charge is 1.97. The summed E-state index contributed by atoms with van der Waals surface area (Å²) in [7, 11) is 0. The van der Waals surface area contributed by atoms with Crippen molar-refractivity contribution in [2.45, 2.75) is 6.54 Å². The van der Waals surface area contributed by atoms with Crippen LogP contribution in [0.1, 0.15) is 5.56 Å². The summed E-state index contributed by atoms with van der Waals surface area (Å²) in [6, 6.07) is 28.5. The summed E-state index contributed by atoms with van der Waals surface area (Å²) in [5.74, 6) is 0. The van der Waals surface area contributed by atoms with E-state index >= 15 is 0 Å². The third kappa shape index (κ3) is 3.86. The summed E-state index contributed by atoms with van der Waals surface area (Å²) in [5, 5.41) is 7.98. The number of rotatable bonds is 5. The van der Waals surface area contributed by atoms with E-state index in [0.29, 0.717) is 0 Å². The third-order valence-electron chi connectivity index (χ3n) is 3.22. The van der Waals surface area contributed by atoms with Gasteiger partial charge in [0.05, 0.1) is 11.4 Å². The van der Waals surface area contributed by atoms with E-state index in [1.54, 1.807) is 0 Å². The molecule has 0 heterocycles. The summed E-state index contributed by atoms with van der Waals surface area (Å²) in [4.78, 5) is 0. The van der Waals surface area contributed by atoms with E-state index in [0.717, 1.165) is 23.6 Å². The van der Waals surface area contributed by atoms with Gasteiger partial charge in [0.2, 0.25) is 0 Å². The Kier molecular flexibility index (Phi) is 4.18. The minimum absolute atomic E-state index is 0.829. The number of hydrogen-bond acceptors (Lipinski definition) is 1. The Labute approximate surface area is 125 Å². The predicted octanol–water partition coefficient (Wildman–Crippen LogP) is 4.87. The smallest absolute Gasteiger partial charge is 0.0638 e. The van der Waals surface area contributed by atoms with Gasteiger partial charge in [-0.25, -0.2) is 5.32 Å². The molecule has 0 aliphatic rings. The highest BCUT2D eigenvalue weighted by molar-refractivity contribution is 5.54. The molecule has 0 atom stereocenters. The van der Waals surface area contributed by atoms with E-state index in [2.05, 4.69) is 47.0 Å². The minimum atomic E-state index is 0.829. The molecule has 0 spiro atoms. The molecule has 0 fully saturated rings. The number of benzene rings is 3. The van der Waals surface area contributed by atoms with Crippen LogP contribution in [0, 0.1) is 0 Å². The average Bonchev–Trinajstić information content (AvgIpc) is 2.56. The highest BCUT2D eigenvalue weighted by atomic mass is 14.9. The van der Waals surface area contributed by atoms with E-state index in [-0.39, 0.29) is 0 Å².